The summed E-state index contributed by atoms with van der Waals surface area (Å²) in [7, 11) is -1.72. The van der Waals surface area contributed by atoms with Gasteiger partial charge in [-0.15, -0.1) is 0 Å². The third kappa shape index (κ3) is 6.22. The van der Waals surface area contributed by atoms with Gasteiger partial charge in [-0.3, -0.25) is 0 Å². The van der Waals surface area contributed by atoms with Gasteiger partial charge in [0.1, 0.15) is 0 Å². The molecule has 0 saturated heterocycles. The highest BCUT2D eigenvalue weighted by Gasteiger charge is 2.35. The second-order valence-electron chi connectivity index (χ2n) is 7.19. The molecule has 1 saturated carbocycles. The minimum Gasteiger partial charge on any atom is -0.314 e. The van der Waals surface area contributed by atoms with Gasteiger partial charge in [0.05, 0.1) is 0 Å². The zero-order valence-electron chi connectivity index (χ0n) is 14.3. The Bertz CT molecular complexity index is 407. The van der Waals surface area contributed by atoms with Crippen molar-refractivity contribution in [2.24, 2.45) is 5.41 Å². The van der Waals surface area contributed by atoms with Crippen molar-refractivity contribution >= 4 is 10.2 Å². The molecule has 0 heterocycles. The summed E-state index contributed by atoms with van der Waals surface area (Å²) in [6.45, 7) is 9.88. The fraction of sp³-hybridized carbons (Fsp3) is 1.00. The van der Waals surface area contributed by atoms with Gasteiger partial charge in [-0.05, 0) is 31.2 Å². The maximum absolute atomic E-state index is 12.4. The van der Waals surface area contributed by atoms with Gasteiger partial charge in [-0.25, -0.2) is 0 Å². The number of rotatable bonds is 8. The molecule has 5 nitrogen and oxygen atoms in total. The minimum atomic E-state index is -3.38. The lowest BCUT2D eigenvalue weighted by Crippen LogP contribution is -2.51. The summed E-state index contributed by atoms with van der Waals surface area (Å²) in [5.41, 5.74) is 0.0470. The second kappa shape index (κ2) is 7.90. The van der Waals surface area contributed by atoms with Crippen molar-refractivity contribution < 1.29 is 8.42 Å². The fourth-order valence-electron chi connectivity index (χ4n) is 2.79. The molecular formula is C15H33N3O2S. The van der Waals surface area contributed by atoms with Gasteiger partial charge < -0.3 is 5.32 Å². The van der Waals surface area contributed by atoms with E-state index in [-0.39, 0.29) is 11.5 Å². The molecule has 0 radical (unpaired) electrons. The highest BCUT2D eigenvalue weighted by molar-refractivity contribution is 7.87. The zero-order valence-corrected chi connectivity index (χ0v) is 15.1. The Morgan fingerprint density at radius 3 is 2.52 bits per heavy atom. The summed E-state index contributed by atoms with van der Waals surface area (Å²) in [6, 6.07) is 0.487. The molecule has 1 fully saturated rings. The number of nitrogens with one attached hydrogen (secondary N) is 2. The molecule has 1 atom stereocenters. The average molecular weight is 320 g/mol. The van der Waals surface area contributed by atoms with E-state index >= 15 is 0 Å². The highest BCUT2D eigenvalue weighted by atomic mass is 32.2. The van der Waals surface area contributed by atoms with Crippen LogP contribution < -0.4 is 10.0 Å². The van der Waals surface area contributed by atoms with Crippen molar-refractivity contribution in [1.82, 2.24) is 14.3 Å². The van der Waals surface area contributed by atoms with E-state index < -0.39 is 10.2 Å². The molecule has 0 bridgehead atoms. The Morgan fingerprint density at radius 1 is 1.29 bits per heavy atom. The molecule has 0 aromatic carbocycles. The maximum Gasteiger partial charge on any atom is 0.279 e. The molecule has 2 N–H and O–H groups in total. The largest absolute Gasteiger partial charge is 0.314 e. The Balaban J connectivity index is 2.48. The predicted octanol–water partition coefficient (Wildman–Crippen LogP) is 2.11. The van der Waals surface area contributed by atoms with E-state index in [2.05, 4.69) is 37.7 Å². The third-order valence-electron chi connectivity index (χ3n) is 4.41. The summed E-state index contributed by atoms with van der Waals surface area (Å²) < 4.78 is 29.2. The molecule has 126 valence electrons. The second-order valence-corrected chi connectivity index (χ2v) is 9.00. The van der Waals surface area contributed by atoms with Crippen LogP contribution in [0.5, 0.6) is 0 Å². The lowest BCUT2D eigenvalue weighted by atomic mass is 9.74. The molecule has 0 spiro atoms. The van der Waals surface area contributed by atoms with Crippen LogP contribution in [0.15, 0.2) is 0 Å². The van der Waals surface area contributed by atoms with Crippen LogP contribution in [-0.4, -0.2) is 44.9 Å². The van der Waals surface area contributed by atoms with E-state index in [9.17, 15) is 8.42 Å². The SMILES string of the molecule is CC(C)NCCCN(C)S(=O)(=O)NC1CCCCC1(C)C. The van der Waals surface area contributed by atoms with Gasteiger partial charge in [-0.2, -0.15) is 17.4 Å². The molecule has 6 heteroatoms. The summed E-state index contributed by atoms with van der Waals surface area (Å²) in [4.78, 5) is 0. The number of hydrogen-bond acceptors (Lipinski definition) is 3. The lowest BCUT2D eigenvalue weighted by Gasteiger charge is -2.39. The maximum atomic E-state index is 12.4. The summed E-state index contributed by atoms with van der Waals surface area (Å²) in [5.74, 6) is 0. The Hall–Kier alpha value is -0.170. The quantitative estimate of drug-likeness (QED) is 0.674. The lowest BCUT2D eigenvalue weighted by molar-refractivity contribution is 0.186. The molecule has 1 aliphatic carbocycles. The van der Waals surface area contributed by atoms with Crippen molar-refractivity contribution in [3.05, 3.63) is 0 Å². The van der Waals surface area contributed by atoms with Crippen molar-refractivity contribution in [3.63, 3.8) is 0 Å². The summed E-state index contributed by atoms with van der Waals surface area (Å²) in [5, 5.41) is 3.30. The van der Waals surface area contributed by atoms with Crippen molar-refractivity contribution in [2.45, 2.75) is 71.9 Å². The Kier molecular flexibility index (Phi) is 7.10. The van der Waals surface area contributed by atoms with Gasteiger partial charge >= 0.3 is 0 Å². The molecule has 21 heavy (non-hydrogen) atoms. The minimum absolute atomic E-state index is 0.0470. The molecular weight excluding hydrogens is 286 g/mol. The van der Waals surface area contributed by atoms with Crippen molar-refractivity contribution in [2.75, 3.05) is 20.1 Å². The molecule has 0 aliphatic heterocycles. The summed E-state index contributed by atoms with van der Waals surface area (Å²) in [6.07, 6.45) is 5.15. The van der Waals surface area contributed by atoms with E-state index in [0.29, 0.717) is 12.6 Å². The first-order valence-electron chi connectivity index (χ1n) is 8.12. The van der Waals surface area contributed by atoms with E-state index in [1.807, 2.05) is 0 Å². The van der Waals surface area contributed by atoms with Gasteiger partial charge in [0.15, 0.2) is 0 Å². The number of nitrogens with zero attached hydrogens (tertiary/aromatic N) is 1. The van der Waals surface area contributed by atoms with Crippen LogP contribution in [-0.2, 0) is 10.2 Å². The van der Waals surface area contributed by atoms with E-state index in [1.54, 1.807) is 7.05 Å². The predicted molar refractivity (Wildman–Crippen MR) is 88.5 cm³/mol. The van der Waals surface area contributed by atoms with Gasteiger partial charge in [0.2, 0.25) is 0 Å². The molecule has 1 rings (SSSR count). The zero-order chi connectivity index (χ0) is 16.1. The van der Waals surface area contributed by atoms with Crippen molar-refractivity contribution in [1.29, 1.82) is 0 Å². The molecule has 0 aromatic rings. The average Bonchev–Trinajstić information content (AvgIpc) is 2.36. The molecule has 0 amide bonds. The van der Waals surface area contributed by atoms with E-state index in [0.717, 1.165) is 32.2 Å². The standard InChI is InChI=1S/C15H33N3O2S/c1-13(2)16-11-8-12-18(5)21(19,20)17-14-9-6-7-10-15(14,3)4/h13-14,16-17H,6-12H2,1-5H3. The van der Waals surface area contributed by atoms with Gasteiger partial charge in [0.25, 0.3) is 10.2 Å². The topological polar surface area (TPSA) is 61.4 Å². The molecule has 1 unspecified atom stereocenters. The third-order valence-corrected chi connectivity index (χ3v) is 6.00. The van der Waals surface area contributed by atoms with Crippen molar-refractivity contribution in [3.8, 4) is 0 Å². The van der Waals surface area contributed by atoms with Crippen LogP contribution in [0, 0.1) is 5.41 Å². The highest BCUT2D eigenvalue weighted by Crippen LogP contribution is 2.35. The van der Waals surface area contributed by atoms with Crippen LogP contribution in [0.4, 0.5) is 0 Å². The molecule has 1 aliphatic rings. The smallest absolute Gasteiger partial charge is 0.279 e. The van der Waals surface area contributed by atoms with Crippen LogP contribution in [0.1, 0.15) is 59.8 Å². The van der Waals surface area contributed by atoms with Crippen LogP contribution >= 0.6 is 0 Å². The molecule has 0 aromatic heterocycles. The summed E-state index contributed by atoms with van der Waals surface area (Å²) >= 11 is 0. The first-order chi connectivity index (χ1) is 9.65. The van der Waals surface area contributed by atoms with E-state index in [1.165, 1.54) is 10.7 Å². The van der Waals surface area contributed by atoms with Crippen LogP contribution in [0.25, 0.3) is 0 Å². The normalized spacial score (nSPS) is 22.9. The Morgan fingerprint density at radius 2 is 1.95 bits per heavy atom. The van der Waals surface area contributed by atoms with Gasteiger partial charge in [-0.1, -0.05) is 40.5 Å². The van der Waals surface area contributed by atoms with Crippen LogP contribution in [0.3, 0.4) is 0 Å². The van der Waals surface area contributed by atoms with Gasteiger partial charge in [0, 0.05) is 25.7 Å². The fourth-order valence-corrected chi connectivity index (χ4v) is 4.14. The monoisotopic (exact) mass is 319 g/mol. The van der Waals surface area contributed by atoms with Crippen LogP contribution in [0.2, 0.25) is 0 Å². The first kappa shape index (κ1) is 18.9. The Labute approximate surface area is 131 Å². The number of hydrogen-bond donors (Lipinski definition) is 2. The first-order valence-corrected chi connectivity index (χ1v) is 9.56. The van der Waals surface area contributed by atoms with E-state index in [4.69, 9.17) is 0 Å².